The molecular formula is C18H15FN2O3. The van der Waals surface area contributed by atoms with Gasteiger partial charge in [-0.05, 0) is 49.2 Å². The zero-order valence-electron chi connectivity index (χ0n) is 12.8. The first-order valence-electron chi connectivity index (χ1n) is 7.79. The standard InChI is InChI=1S/C18H15FN2O3/c19-13-7-5-12(6-8-13)17-11-14(20-24-17)18(22)21-9-1-3-15(21)16-4-2-10-23-16/h2,4-8,10-11,15H,1,3,9H2/t15-/m1/s1. The maximum Gasteiger partial charge on any atom is 0.276 e. The number of hydrogen-bond acceptors (Lipinski definition) is 4. The predicted molar refractivity (Wildman–Crippen MR) is 83.6 cm³/mol. The summed E-state index contributed by atoms with van der Waals surface area (Å²) in [6.07, 6.45) is 3.39. The molecule has 122 valence electrons. The molecule has 3 heterocycles. The number of halogens is 1. The fourth-order valence-corrected chi connectivity index (χ4v) is 3.06. The van der Waals surface area contributed by atoms with Gasteiger partial charge in [0.05, 0.1) is 12.3 Å². The summed E-state index contributed by atoms with van der Waals surface area (Å²) >= 11 is 0. The minimum atomic E-state index is -0.326. The molecule has 1 fully saturated rings. The van der Waals surface area contributed by atoms with Crippen LogP contribution < -0.4 is 0 Å². The van der Waals surface area contributed by atoms with Crippen LogP contribution in [0.2, 0.25) is 0 Å². The van der Waals surface area contributed by atoms with Crippen molar-refractivity contribution in [2.45, 2.75) is 18.9 Å². The maximum atomic E-state index is 13.0. The number of aromatic nitrogens is 1. The summed E-state index contributed by atoms with van der Waals surface area (Å²) in [6, 6.07) is 11.1. The van der Waals surface area contributed by atoms with E-state index < -0.39 is 0 Å². The first-order chi connectivity index (χ1) is 11.7. The Morgan fingerprint density at radius 1 is 1.25 bits per heavy atom. The minimum Gasteiger partial charge on any atom is -0.467 e. The van der Waals surface area contributed by atoms with Gasteiger partial charge in [-0.2, -0.15) is 0 Å². The molecule has 1 aliphatic heterocycles. The first-order valence-corrected chi connectivity index (χ1v) is 7.79. The Labute approximate surface area is 137 Å². The molecule has 1 aromatic carbocycles. The average molecular weight is 326 g/mol. The summed E-state index contributed by atoms with van der Waals surface area (Å²) < 4.78 is 23.7. The monoisotopic (exact) mass is 326 g/mol. The first kappa shape index (κ1) is 14.7. The van der Waals surface area contributed by atoms with Crippen LogP contribution in [0.15, 0.2) is 57.7 Å². The van der Waals surface area contributed by atoms with Crippen LogP contribution in [0.3, 0.4) is 0 Å². The van der Waals surface area contributed by atoms with Gasteiger partial charge in [-0.15, -0.1) is 0 Å². The number of hydrogen-bond donors (Lipinski definition) is 0. The smallest absolute Gasteiger partial charge is 0.276 e. The molecule has 0 aliphatic carbocycles. The number of benzene rings is 1. The Kier molecular flexibility index (Phi) is 3.65. The van der Waals surface area contributed by atoms with E-state index in [0.29, 0.717) is 17.9 Å². The van der Waals surface area contributed by atoms with Crippen LogP contribution in [0.5, 0.6) is 0 Å². The third-order valence-corrected chi connectivity index (χ3v) is 4.24. The molecule has 0 radical (unpaired) electrons. The summed E-state index contributed by atoms with van der Waals surface area (Å²) in [6.45, 7) is 0.656. The lowest BCUT2D eigenvalue weighted by Gasteiger charge is -2.21. The molecule has 1 atom stereocenters. The van der Waals surface area contributed by atoms with Crippen molar-refractivity contribution < 1.29 is 18.1 Å². The number of nitrogens with zero attached hydrogens (tertiary/aromatic N) is 2. The quantitative estimate of drug-likeness (QED) is 0.728. The summed E-state index contributed by atoms with van der Waals surface area (Å²) in [4.78, 5) is 14.5. The molecule has 3 aromatic rings. The summed E-state index contributed by atoms with van der Waals surface area (Å²) in [5, 5.41) is 3.88. The minimum absolute atomic E-state index is 0.0709. The molecule has 0 spiro atoms. The van der Waals surface area contributed by atoms with Crippen LogP contribution in [-0.4, -0.2) is 22.5 Å². The molecule has 0 saturated carbocycles. The van der Waals surface area contributed by atoms with Crippen LogP contribution in [0.4, 0.5) is 4.39 Å². The van der Waals surface area contributed by atoms with Gasteiger partial charge in [-0.25, -0.2) is 4.39 Å². The molecule has 1 amide bonds. The van der Waals surface area contributed by atoms with Gasteiger partial charge in [0, 0.05) is 18.2 Å². The molecule has 24 heavy (non-hydrogen) atoms. The van der Waals surface area contributed by atoms with E-state index in [9.17, 15) is 9.18 Å². The molecular weight excluding hydrogens is 311 g/mol. The average Bonchev–Trinajstić information content (AvgIpc) is 3.34. The third kappa shape index (κ3) is 2.60. The van der Waals surface area contributed by atoms with Crippen LogP contribution in [-0.2, 0) is 0 Å². The number of amides is 1. The SMILES string of the molecule is O=C(c1cc(-c2ccc(F)cc2)on1)N1CCC[C@@H]1c1ccco1. The summed E-state index contributed by atoms with van der Waals surface area (Å²) in [5.74, 6) is 0.703. The van der Waals surface area contributed by atoms with Gasteiger partial charge in [0.2, 0.25) is 0 Å². The Morgan fingerprint density at radius 3 is 2.83 bits per heavy atom. The second-order valence-electron chi connectivity index (χ2n) is 5.76. The van der Waals surface area contributed by atoms with Crippen molar-refractivity contribution in [3.63, 3.8) is 0 Å². The fourth-order valence-electron chi connectivity index (χ4n) is 3.06. The lowest BCUT2D eigenvalue weighted by Crippen LogP contribution is -2.30. The van der Waals surface area contributed by atoms with Gasteiger partial charge in [-0.3, -0.25) is 4.79 Å². The van der Waals surface area contributed by atoms with E-state index in [0.717, 1.165) is 18.6 Å². The van der Waals surface area contributed by atoms with Crippen molar-refractivity contribution in [3.05, 3.63) is 66.0 Å². The van der Waals surface area contributed by atoms with E-state index in [2.05, 4.69) is 5.16 Å². The van der Waals surface area contributed by atoms with Crippen molar-refractivity contribution in [1.82, 2.24) is 10.1 Å². The Balaban J connectivity index is 1.57. The lowest BCUT2D eigenvalue weighted by atomic mass is 10.1. The van der Waals surface area contributed by atoms with Crippen LogP contribution in [0.1, 0.15) is 35.1 Å². The van der Waals surface area contributed by atoms with Crippen molar-refractivity contribution >= 4 is 5.91 Å². The van der Waals surface area contributed by atoms with Crippen LogP contribution in [0.25, 0.3) is 11.3 Å². The Hall–Kier alpha value is -2.89. The van der Waals surface area contributed by atoms with E-state index >= 15 is 0 Å². The topological polar surface area (TPSA) is 59.5 Å². The number of rotatable bonds is 3. The van der Waals surface area contributed by atoms with Crippen molar-refractivity contribution in [1.29, 1.82) is 0 Å². The zero-order chi connectivity index (χ0) is 16.5. The molecule has 2 aromatic heterocycles. The highest BCUT2D eigenvalue weighted by molar-refractivity contribution is 5.93. The second kappa shape index (κ2) is 5.96. The van der Waals surface area contributed by atoms with Gasteiger partial charge in [0.1, 0.15) is 11.6 Å². The normalized spacial score (nSPS) is 17.4. The van der Waals surface area contributed by atoms with E-state index in [1.165, 1.54) is 12.1 Å². The Bertz CT molecular complexity index is 840. The summed E-state index contributed by atoms with van der Waals surface area (Å²) in [7, 11) is 0. The van der Waals surface area contributed by atoms with Gasteiger partial charge < -0.3 is 13.8 Å². The third-order valence-electron chi connectivity index (χ3n) is 4.24. The van der Waals surface area contributed by atoms with E-state index in [4.69, 9.17) is 8.94 Å². The molecule has 1 aliphatic rings. The molecule has 4 rings (SSSR count). The van der Waals surface area contributed by atoms with Gasteiger partial charge in [-0.1, -0.05) is 5.16 Å². The highest BCUT2D eigenvalue weighted by Gasteiger charge is 2.33. The van der Waals surface area contributed by atoms with Gasteiger partial charge >= 0.3 is 0 Å². The number of carbonyl (C=O) groups excluding carboxylic acids is 1. The second-order valence-corrected chi connectivity index (χ2v) is 5.76. The highest BCUT2D eigenvalue weighted by Crippen LogP contribution is 2.33. The van der Waals surface area contributed by atoms with E-state index in [-0.39, 0.29) is 23.5 Å². The van der Waals surface area contributed by atoms with Crippen LogP contribution >= 0.6 is 0 Å². The van der Waals surface area contributed by atoms with Gasteiger partial charge in [0.25, 0.3) is 5.91 Å². The molecule has 0 bridgehead atoms. The van der Waals surface area contributed by atoms with E-state index in [1.54, 1.807) is 29.4 Å². The molecule has 1 saturated heterocycles. The molecule has 5 nitrogen and oxygen atoms in total. The Morgan fingerprint density at radius 2 is 2.08 bits per heavy atom. The van der Waals surface area contributed by atoms with Gasteiger partial charge in [0.15, 0.2) is 11.5 Å². The van der Waals surface area contributed by atoms with Crippen molar-refractivity contribution in [3.8, 4) is 11.3 Å². The van der Waals surface area contributed by atoms with Crippen LogP contribution in [0, 0.1) is 5.82 Å². The summed E-state index contributed by atoms with van der Waals surface area (Å²) in [5.41, 5.74) is 0.916. The van der Waals surface area contributed by atoms with Crippen molar-refractivity contribution in [2.75, 3.05) is 6.54 Å². The number of carbonyl (C=O) groups is 1. The molecule has 6 heteroatoms. The molecule has 0 unspecified atom stereocenters. The lowest BCUT2D eigenvalue weighted by molar-refractivity contribution is 0.0709. The van der Waals surface area contributed by atoms with Crippen molar-refractivity contribution in [2.24, 2.45) is 0 Å². The number of furan rings is 1. The van der Waals surface area contributed by atoms with E-state index in [1.807, 2.05) is 12.1 Å². The molecule has 0 N–H and O–H groups in total. The maximum absolute atomic E-state index is 13.0. The number of likely N-dealkylation sites (tertiary alicyclic amines) is 1. The highest BCUT2D eigenvalue weighted by atomic mass is 19.1. The largest absolute Gasteiger partial charge is 0.467 e. The fraction of sp³-hybridized carbons (Fsp3) is 0.222. The zero-order valence-corrected chi connectivity index (χ0v) is 12.8. The predicted octanol–water partition coefficient (Wildman–Crippen LogP) is 4.05.